The zero-order chi connectivity index (χ0) is 13.4. The maximum Gasteiger partial charge on any atom is 0.0967 e. The van der Waals surface area contributed by atoms with Crippen LogP contribution in [-0.2, 0) is 0 Å². The lowest BCUT2D eigenvalue weighted by Crippen LogP contribution is -2.38. The first-order chi connectivity index (χ1) is 8.67. The second-order valence-corrected chi connectivity index (χ2v) is 5.75. The van der Waals surface area contributed by atoms with Crippen LogP contribution >= 0.6 is 0 Å². The summed E-state index contributed by atoms with van der Waals surface area (Å²) in [6.45, 7) is 8.96. The topological polar surface area (TPSA) is 39.1 Å². The lowest BCUT2D eigenvalue weighted by molar-refractivity contribution is 0.209. The molecule has 1 unspecified atom stereocenters. The van der Waals surface area contributed by atoms with Gasteiger partial charge >= 0.3 is 0 Å². The molecular weight excluding hydrogens is 222 g/mol. The van der Waals surface area contributed by atoms with Crippen LogP contribution in [0.25, 0.3) is 0 Å². The number of hydrogen-bond acceptors (Lipinski definition) is 3. The van der Waals surface area contributed by atoms with Crippen LogP contribution in [0.2, 0.25) is 0 Å². The fourth-order valence-corrected chi connectivity index (χ4v) is 2.21. The van der Waals surface area contributed by atoms with Gasteiger partial charge in [0.1, 0.15) is 0 Å². The summed E-state index contributed by atoms with van der Waals surface area (Å²) in [5, 5.41) is 12.6. The van der Waals surface area contributed by atoms with Crippen LogP contribution in [0, 0.1) is 11.3 Å². The van der Waals surface area contributed by atoms with Gasteiger partial charge in [-0.3, -0.25) is 5.32 Å². The molecule has 104 valence electrons. The molecule has 1 aliphatic rings. The quantitative estimate of drug-likeness (QED) is 0.607. The standard InChI is InChI=1S/C15H29N3/c1-4-5-6-10-18(13(2)3)11-9-15(12-16)17-14-7-8-14/h13-15,17H,4-11H2,1-3H3. The van der Waals surface area contributed by atoms with E-state index >= 15 is 0 Å². The van der Waals surface area contributed by atoms with Crippen molar-refractivity contribution in [2.45, 2.75) is 77.4 Å². The molecule has 0 bridgehead atoms. The summed E-state index contributed by atoms with van der Waals surface area (Å²) in [7, 11) is 0. The highest BCUT2D eigenvalue weighted by Crippen LogP contribution is 2.20. The number of nitriles is 1. The second kappa shape index (κ2) is 8.50. The van der Waals surface area contributed by atoms with E-state index in [1.54, 1.807) is 0 Å². The van der Waals surface area contributed by atoms with Gasteiger partial charge < -0.3 is 4.90 Å². The molecule has 18 heavy (non-hydrogen) atoms. The van der Waals surface area contributed by atoms with Gasteiger partial charge in [-0.15, -0.1) is 0 Å². The van der Waals surface area contributed by atoms with Crippen LogP contribution in [0.5, 0.6) is 0 Å². The Bertz CT molecular complexity index is 253. The largest absolute Gasteiger partial charge is 0.301 e. The molecule has 0 saturated heterocycles. The minimum Gasteiger partial charge on any atom is -0.301 e. The number of nitrogens with zero attached hydrogens (tertiary/aromatic N) is 2. The van der Waals surface area contributed by atoms with Crippen molar-refractivity contribution in [2.24, 2.45) is 0 Å². The SMILES string of the molecule is CCCCCN(CCC(C#N)NC1CC1)C(C)C. The lowest BCUT2D eigenvalue weighted by atomic mass is 10.1. The van der Waals surface area contributed by atoms with Gasteiger partial charge in [0.25, 0.3) is 0 Å². The van der Waals surface area contributed by atoms with Crippen LogP contribution in [-0.4, -0.2) is 36.1 Å². The molecule has 3 nitrogen and oxygen atoms in total. The average Bonchev–Trinajstić information content (AvgIpc) is 3.15. The third-order valence-corrected chi connectivity index (χ3v) is 3.65. The minimum absolute atomic E-state index is 0.0462. The molecule has 1 atom stereocenters. The molecular formula is C15H29N3. The van der Waals surface area contributed by atoms with Gasteiger partial charge in [-0.05, 0) is 46.1 Å². The van der Waals surface area contributed by atoms with Gasteiger partial charge in [0, 0.05) is 18.6 Å². The van der Waals surface area contributed by atoms with Crippen molar-refractivity contribution in [3.05, 3.63) is 0 Å². The van der Waals surface area contributed by atoms with Crippen LogP contribution < -0.4 is 5.32 Å². The van der Waals surface area contributed by atoms with E-state index in [0.29, 0.717) is 12.1 Å². The molecule has 3 heteroatoms. The van der Waals surface area contributed by atoms with Crippen molar-refractivity contribution >= 4 is 0 Å². The van der Waals surface area contributed by atoms with Crippen molar-refractivity contribution in [3.63, 3.8) is 0 Å². The van der Waals surface area contributed by atoms with E-state index in [1.807, 2.05) is 0 Å². The number of unbranched alkanes of at least 4 members (excludes halogenated alkanes) is 2. The maximum atomic E-state index is 9.14. The summed E-state index contributed by atoms with van der Waals surface area (Å²) in [5.41, 5.74) is 0. The van der Waals surface area contributed by atoms with E-state index in [2.05, 4.69) is 37.1 Å². The van der Waals surface area contributed by atoms with Crippen molar-refractivity contribution in [1.29, 1.82) is 5.26 Å². The Labute approximate surface area is 113 Å². The van der Waals surface area contributed by atoms with Gasteiger partial charge in [-0.25, -0.2) is 0 Å². The molecule has 0 heterocycles. The Morgan fingerprint density at radius 2 is 2.00 bits per heavy atom. The van der Waals surface area contributed by atoms with E-state index in [1.165, 1.54) is 38.6 Å². The predicted octanol–water partition coefficient (Wildman–Crippen LogP) is 2.92. The first-order valence-electron chi connectivity index (χ1n) is 7.57. The molecule has 1 fully saturated rings. The number of hydrogen-bond donors (Lipinski definition) is 1. The van der Waals surface area contributed by atoms with E-state index < -0.39 is 0 Å². The molecule has 0 aromatic heterocycles. The van der Waals surface area contributed by atoms with Crippen LogP contribution in [0.3, 0.4) is 0 Å². The lowest BCUT2D eigenvalue weighted by Gasteiger charge is -2.27. The summed E-state index contributed by atoms with van der Waals surface area (Å²) < 4.78 is 0. The third kappa shape index (κ3) is 6.37. The van der Waals surface area contributed by atoms with Crippen molar-refractivity contribution in [3.8, 4) is 6.07 Å². The second-order valence-electron chi connectivity index (χ2n) is 5.75. The predicted molar refractivity (Wildman–Crippen MR) is 76.4 cm³/mol. The Balaban J connectivity index is 2.23. The number of nitrogens with one attached hydrogen (secondary N) is 1. The highest BCUT2D eigenvalue weighted by molar-refractivity contribution is 4.96. The molecule has 1 N–H and O–H groups in total. The van der Waals surface area contributed by atoms with Crippen LogP contribution in [0.15, 0.2) is 0 Å². The van der Waals surface area contributed by atoms with E-state index in [0.717, 1.165) is 13.0 Å². The van der Waals surface area contributed by atoms with E-state index in [4.69, 9.17) is 5.26 Å². The van der Waals surface area contributed by atoms with Crippen LogP contribution in [0.4, 0.5) is 0 Å². The average molecular weight is 251 g/mol. The molecule has 1 saturated carbocycles. The normalized spacial score (nSPS) is 17.1. The third-order valence-electron chi connectivity index (χ3n) is 3.65. The zero-order valence-corrected chi connectivity index (χ0v) is 12.3. The monoisotopic (exact) mass is 251 g/mol. The molecule has 0 amide bonds. The Kier molecular flexibility index (Phi) is 7.31. The van der Waals surface area contributed by atoms with Crippen molar-refractivity contribution in [1.82, 2.24) is 10.2 Å². The smallest absolute Gasteiger partial charge is 0.0967 e. The van der Waals surface area contributed by atoms with E-state index in [9.17, 15) is 0 Å². The van der Waals surface area contributed by atoms with Gasteiger partial charge in [0.2, 0.25) is 0 Å². The minimum atomic E-state index is 0.0462. The molecule has 1 rings (SSSR count). The summed E-state index contributed by atoms with van der Waals surface area (Å²) >= 11 is 0. The molecule has 0 spiro atoms. The molecule has 0 radical (unpaired) electrons. The van der Waals surface area contributed by atoms with E-state index in [-0.39, 0.29) is 6.04 Å². The highest BCUT2D eigenvalue weighted by atomic mass is 15.1. The summed E-state index contributed by atoms with van der Waals surface area (Å²) in [4.78, 5) is 2.51. The summed E-state index contributed by atoms with van der Waals surface area (Å²) in [5.74, 6) is 0. The molecule has 1 aliphatic carbocycles. The zero-order valence-electron chi connectivity index (χ0n) is 12.3. The summed E-state index contributed by atoms with van der Waals surface area (Å²) in [6.07, 6.45) is 7.33. The fraction of sp³-hybridized carbons (Fsp3) is 0.933. The van der Waals surface area contributed by atoms with Crippen LogP contribution in [0.1, 0.15) is 59.3 Å². The van der Waals surface area contributed by atoms with Gasteiger partial charge in [-0.1, -0.05) is 19.8 Å². The Morgan fingerprint density at radius 1 is 1.28 bits per heavy atom. The molecule has 0 aromatic rings. The number of rotatable bonds is 10. The van der Waals surface area contributed by atoms with Crippen molar-refractivity contribution in [2.75, 3.05) is 13.1 Å². The maximum absolute atomic E-state index is 9.14. The Morgan fingerprint density at radius 3 is 2.50 bits per heavy atom. The summed E-state index contributed by atoms with van der Waals surface area (Å²) in [6, 6.07) is 3.66. The Hall–Kier alpha value is -0.590. The van der Waals surface area contributed by atoms with Gasteiger partial charge in [0.05, 0.1) is 12.1 Å². The molecule has 0 aromatic carbocycles. The first kappa shape index (κ1) is 15.5. The van der Waals surface area contributed by atoms with Gasteiger partial charge in [-0.2, -0.15) is 5.26 Å². The first-order valence-corrected chi connectivity index (χ1v) is 7.57. The van der Waals surface area contributed by atoms with Gasteiger partial charge in [0.15, 0.2) is 0 Å². The molecule has 0 aliphatic heterocycles. The fourth-order valence-electron chi connectivity index (χ4n) is 2.21. The van der Waals surface area contributed by atoms with Crippen molar-refractivity contribution < 1.29 is 0 Å². The highest BCUT2D eigenvalue weighted by Gasteiger charge is 2.24.